The second-order valence-corrected chi connectivity index (χ2v) is 9.31. The highest BCUT2D eigenvalue weighted by Gasteiger charge is 2.51. The fourth-order valence-electron chi connectivity index (χ4n) is 5.96. The summed E-state index contributed by atoms with van der Waals surface area (Å²) in [6, 6.07) is 9.46. The van der Waals surface area contributed by atoms with Gasteiger partial charge in [-0.2, -0.15) is 0 Å². The summed E-state index contributed by atoms with van der Waals surface area (Å²) in [5.41, 5.74) is 0.00834. The molecule has 0 heterocycles. The zero-order valence-electron chi connectivity index (χ0n) is 17.4. The van der Waals surface area contributed by atoms with Crippen LogP contribution < -0.4 is 15.4 Å². The lowest BCUT2D eigenvalue weighted by molar-refractivity contribution is -0.130. The van der Waals surface area contributed by atoms with Crippen molar-refractivity contribution in [2.24, 2.45) is 17.8 Å². The highest BCUT2D eigenvalue weighted by molar-refractivity contribution is 5.78. The van der Waals surface area contributed by atoms with Gasteiger partial charge in [0.15, 0.2) is 0 Å². The number of hydrogen-bond donors (Lipinski definition) is 2. The van der Waals surface area contributed by atoms with E-state index in [1.54, 1.807) is 11.9 Å². The summed E-state index contributed by atoms with van der Waals surface area (Å²) < 4.78 is 5.63. The van der Waals surface area contributed by atoms with Gasteiger partial charge in [-0.25, -0.2) is 4.79 Å². The van der Waals surface area contributed by atoms with E-state index in [1.165, 1.54) is 19.3 Å². The number of nitrogens with zero attached hydrogens (tertiary/aromatic N) is 1. The first-order valence-electron chi connectivity index (χ1n) is 11.0. The minimum absolute atomic E-state index is 0.00834. The molecule has 29 heavy (non-hydrogen) atoms. The summed E-state index contributed by atoms with van der Waals surface area (Å²) >= 11 is 0. The number of likely N-dealkylation sites (N-methyl/N-ethyl adjacent to an activating group) is 1. The van der Waals surface area contributed by atoms with Gasteiger partial charge in [0, 0.05) is 25.6 Å². The third kappa shape index (κ3) is 5.03. The summed E-state index contributed by atoms with van der Waals surface area (Å²) in [6.45, 7) is 1.33. The van der Waals surface area contributed by atoms with Gasteiger partial charge >= 0.3 is 6.03 Å². The SMILES string of the molecule is CN(CCOc1ccccc1)C(=O)CCNC(=O)NC12CC3CC(CC(C3)C1)C2. The van der Waals surface area contributed by atoms with E-state index in [9.17, 15) is 9.59 Å². The number of rotatable bonds is 8. The number of nitrogens with one attached hydrogen (secondary N) is 2. The first kappa shape index (κ1) is 20.0. The Bertz CT molecular complexity index is 686. The topological polar surface area (TPSA) is 70.7 Å². The number of benzene rings is 1. The summed E-state index contributed by atoms with van der Waals surface area (Å²) in [4.78, 5) is 26.4. The van der Waals surface area contributed by atoms with E-state index in [1.807, 2.05) is 30.3 Å². The van der Waals surface area contributed by atoms with Crippen LogP contribution in [0.4, 0.5) is 4.79 Å². The third-order valence-corrected chi connectivity index (χ3v) is 6.91. The van der Waals surface area contributed by atoms with E-state index >= 15 is 0 Å². The fourth-order valence-corrected chi connectivity index (χ4v) is 5.96. The third-order valence-electron chi connectivity index (χ3n) is 6.91. The van der Waals surface area contributed by atoms with Gasteiger partial charge in [-0.15, -0.1) is 0 Å². The van der Waals surface area contributed by atoms with Crippen molar-refractivity contribution in [2.45, 2.75) is 50.5 Å². The quantitative estimate of drug-likeness (QED) is 0.705. The minimum atomic E-state index is -0.116. The number of carbonyl (C=O) groups is 2. The van der Waals surface area contributed by atoms with Crippen molar-refractivity contribution in [1.29, 1.82) is 0 Å². The number of para-hydroxylation sites is 1. The Hall–Kier alpha value is -2.24. The van der Waals surface area contributed by atoms with Crippen molar-refractivity contribution in [3.05, 3.63) is 30.3 Å². The number of amides is 3. The van der Waals surface area contributed by atoms with E-state index in [-0.39, 0.29) is 17.5 Å². The summed E-state index contributed by atoms with van der Waals surface area (Å²) in [6.07, 6.45) is 7.78. The molecule has 5 rings (SSSR count). The molecular formula is C23H33N3O3. The molecule has 4 bridgehead atoms. The van der Waals surface area contributed by atoms with E-state index in [0.717, 1.165) is 42.8 Å². The van der Waals surface area contributed by atoms with Gasteiger partial charge in [-0.3, -0.25) is 4.79 Å². The van der Waals surface area contributed by atoms with Gasteiger partial charge in [-0.05, 0) is 68.4 Å². The lowest BCUT2D eigenvalue weighted by Gasteiger charge is -2.56. The molecule has 0 saturated heterocycles. The summed E-state index contributed by atoms with van der Waals surface area (Å²) in [5, 5.41) is 6.18. The smallest absolute Gasteiger partial charge is 0.315 e. The minimum Gasteiger partial charge on any atom is -0.492 e. The van der Waals surface area contributed by atoms with Crippen LogP contribution in [-0.4, -0.2) is 49.1 Å². The van der Waals surface area contributed by atoms with Crippen molar-refractivity contribution in [1.82, 2.24) is 15.5 Å². The monoisotopic (exact) mass is 399 g/mol. The first-order chi connectivity index (χ1) is 14.0. The normalized spacial score (nSPS) is 29.3. The second kappa shape index (κ2) is 8.64. The zero-order chi connectivity index (χ0) is 20.3. The molecule has 2 N–H and O–H groups in total. The number of hydrogen-bond acceptors (Lipinski definition) is 3. The van der Waals surface area contributed by atoms with Crippen molar-refractivity contribution >= 4 is 11.9 Å². The Labute approximate surface area is 173 Å². The Morgan fingerprint density at radius 3 is 2.31 bits per heavy atom. The Kier molecular flexibility index (Phi) is 5.97. The second-order valence-electron chi connectivity index (χ2n) is 9.31. The van der Waals surface area contributed by atoms with Gasteiger partial charge in [0.1, 0.15) is 12.4 Å². The van der Waals surface area contributed by atoms with Crippen LogP contribution in [0.1, 0.15) is 44.9 Å². The highest BCUT2D eigenvalue weighted by atomic mass is 16.5. The van der Waals surface area contributed by atoms with E-state index in [0.29, 0.717) is 26.1 Å². The van der Waals surface area contributed by atoms with Crippen LogP contribution in [0, 0.1) is 17.8 Å². The Morgan fingerprint density at radius 1 is 1.07 bits per heavy atom. The average molecular weight is 400 g/mol. The van der Waals surface area contributed by atoms with Crippen LogP contribution in [0.3, 0.4) is 0 Å². The molecule has 158 valence electrons. The highest BCUT2D eigenvalue weighted by Crippen LogP contribution is 2.55. The lowest BCUT2D eigenvalue weighted by Crippen LogP contribution is -2.61. The average Bonchev–Trinajstić information content (AvgIpc) is 2.67. The van der Waals surface area contributed by atoms with Gasteiger partial charge in [0.25, 0.3) is 0 Å². The van der Waals surface area contributed by atoms with Crippen molar-refractivity contribution < 1.29 is 14.3 Å². The number of ether oxygens (including phenoxy) is 1. The molecule has 1 aromatic carbocycles. The first-order valence-corrected chi connectivity index (χ1v) is 11.0. The molecule has 0 aromatic heterocycles. The van der Waals surface area contributed by atoms with Crippen molar-refractivity contribution in [2.75, 3.05) is 26.7 Å². The van der Waals surface area contributed by atoms with Crippen LogP contribution in [0.25, 0.3) is 0 Å². The molecule has 0 unspecified atom stereocenters. The van der Waals surface area contributed by atoms with Crippen LogP contribution in [0.15, 0.2) is 30.3 Å². The molecule has 4 saturated carbocycles. The van der Waals surface area contributed by atoms with Gasteiger partial charge in [-0.1, -0.05) is 18.2 Å². The molecule has 4 fully saturated rings. The Balaban J connectivity index is 1.13. The van der Waals surface area contributed by atoms with Crippen molar-refractivity contribution in [3.63, 3.8) is 0 Å². The number of urea groups is 1. The van der Waals surface area contributed by atoms with Gasteiger partial charge in [0.05, 0.1) is 6.54 Å². The molecule has 0 atom stereocenters. The molecule has 0 radical (unpaired) electrons. The number of carbonyl (C=O) groups excluding carboxylic acids is 2. The van der Waals surface area contributed by atoms with Crippen LogP contribution in [-0.2, 0) is 4.79 Å². The van der Waals surface area contributed by atoms with Crippen LogP contribution >= 0.6 is 0 Å². The largest absolute Gasteiger partial charge is 0.492 e. The molecule has 4 aliphatic carbocycles. The lowest BCUT2D eigenvalue weighted by atomic mass is 9.53. The molecule has 1 aromatic rings. The van der Waals surface area contributed by atoms with Gasteiger partial charge in [0.2, 0.25) is 5.91 Å². The molecule has 0 aliphatic heterocycles. The van der Waals surface area contributed by atoms with Crippen LogP contribution in [0.5, 0.6) is 5.75 Å². The fraction of sp³-hybridized carbons (Fsp3) is 0.652. The Morgan fingerprint density at radius 2 is 1.69 bits per heavy atom. The maximum atomic E-state index is 12.4. The van der Waals surface area contributed by atoms with E-state index < -0.39 is 0 Å². The maximum absolute atomic E-state index is 12.4. The zero-order valence-corrected chi connectivity index (χ0v) is 17.4. The van der Waals surface area contributed by atoms with E-state index in [4.69, 9.17) is 4.74 Å². The molecule has 6 heteroatoms. The molecule has 4 aliphatic rings. The molecule has 0 spiro atoms. The molecule has 3 amide bonds. The summed E-state index contributed by atoms with van der Waals surface area (Å²) in [5.74, 6) is 3.22. The standard InChI is InChI=1S/C23H33N3O3/c1-26(9-10-29-20-5-3-2-4-6-20)21(27)7-8-24-22(28)25-23-14-17-11-18(15-23)13-19(12-17)16-23/h2-6,17-19H,7-16H2,1H3,(H2,24,25,28). The van der Waals surface area contributed by atoms with Gasteiger partial charge < -0.3 is 20.3 Å². The van der Waals surface area contributed by atoms with Crippen LogP contribution in [0.2, 0.25) is 0 Å². The van der Waals surface area contributed by atoms with E-state index in [2.05, 4.69) is 10.6 Å². The summed E-state index contributed by atoms with van der Waals surface area (Å²) in [7, 11) is 1.77. The molecular weight excluding hydrogens is 366 g/mol. The van der Waals surface area contributed by atoms with Crippen molar-refractivity contribution in [3.8, 4) is 5.75 Å². The maximum Gasteiger partial charge on any atom is 0.315 e. The molecule has 6 nitrogen and oxygen atoms in total. The predicted octanol–water partition coefficient (Wildman–Crippen LogP) is 3.18. The predicted molar refractivity (Wildman–Crippen MR) is 112 cm³/mol.